The zero-order chi connectivity index (χ0) is 15.5. The fourth-order valence-electron chi connectivity index (χ4n) is 1.80. The van der Waals surface area contributed by atoms with Crippen LogP contribution in [0.1, 0.15) is 16.8 Å². The van der Waals surface area contributed by atoms with Crippen LogP contribution in [0.3, 0.4) is 0 Å². The van der Waals surface area contributed by atoms with Crippen molar-refractivity contribution >= 4 is 38.6 Å². The van der Waals surface area contributed by atoms with Gasteiger partial charge < -0.3 is 5.73 Å². The third-order valence-corrected chi connectivity index (χ3v) is 5.39. The summed E-state index contributed by atoms with van der Waals surface area (Å²) in [6, 6.07) is 4.91. The number of hydrogen-bond acceptors (Lipinski definition) is 5. The third-order valence-electron chi connectivity index (χ3n) is 2.92. The van der Waals surface area contributed by atoms with E-state index < -0.39 is 10.0 Å². The van der Waals surface area contributed by atoms with Crippen molar-refractivity contribution in [1.29, 1.82) is 0 Å². The van der Waals surface area contributed by atoms with Crippen LogP contribution < -0.4 is 10.5 Å². The van der Waals surface area contributed by atoms with Crippen LogP contribution in [-0.2, 0) is 16.4 Å². The largest absolute Gasteiger partial charge is 0.389 e. The molecule has 1 aromatic heterocycles. The van der Waals surface area contributed by atoms with E-state index in [-0.39, 0.29) is 9.88 Å². The van der Waals surface area contributed by atoms with Crippen LogP contribution >= 0.6 is 23.6 Å². The zero-order valence-electron chi connectivity index (χ0n) is 11.4. The van der Waals surface area contributed by atoms with Gasteiger partial charge in [-0.25, -0.2) is 18.1 Å². The number of aromatic nitrogens is 1. The van der Waals surface area contributed by atoms with Crippen LogP contribution in [0.2, 0.25) is 0 Å². The highest BCUT2D eigenvalue weighted by atomic mass is 32.2. The van der Waals surface area contributed by atoms with Gasteiger partial charge in [0.05, 0.1) is 16.1 Å². The summed E-state index contributed by atoms with van der Waals surface area (Å²) in [5.41, 5.74) is 9.33. The zero-order valence-corrected chi connectivity index (χ0v) is 13.8. The van der Waals surface area contributed by atoms with Crippen molar-refractivity contribution in [2.75, 3.05) is 6.54 Å². The molecule has 0 saturated carbocycles. The van der Waals surface area contributed by atoms with Gasteiger partial charge in [0, 0.05) is 23.9 Å². The van der Waals surface area contributed by atoms with Gasteiger partial charge in [0.2, 0.25) is 10.0 Å². The molecule has 8 heteroatoms. The first-order chi connectivity index (χ1) is 9.90. The number of nitrogens with one attached hydrogen (secondary N) is 1. The van der Waals surface area contributed by atoms with Crippen LogP contribution in [0.5, 0.6) is 0 Å². The second-order valence-electron chi connectivity index (χ2n) is 4.47. The molecule has 0 amide bonds. The molecule has 0 unspecified atom stereocenters. The summed E-state index contributed by atoms with van der Waals surface area (Å²) in [7, 11) is -3.59. The van der Waals surface area contributed by atoms with Crippen molar-refractivity contribution in [1.82, 2.24) is 9.71 Å². The standard InChI is InChI=1S/C13H15N3O2S3/c1-9-2-3-10(13(14)19)6-12(9)21(17,18)16-5-4-11-7-20-8-15-11/h2-3,6-8,16H,4-5H2,1H3,(H2,14,19). The second kappa shape index (κ2) is 6.61. The Balaban J connectivity index is 2.15. The van der Waals surface area contributed by atoms with E-state index in [1.807, 2.05) is 5.38 Å². The lowest BCUT2D eigenvalue weighted by molar-refractivity contribution is 0.580. The molecule has 1 aromatic carbocycles. The summed E-state index contributed by atoms with van der Waals surface area (Å²) < 4.78 is 27.3. The average molecular weight is 341 g/mol. The molecular formula is C13H15N3O2S3. The van der Waals surface area contributed by atoms with Crippen LogP contribution in [-0.4, -0.2) is 24.9 Å². The predicted molar refractivity (Wildman–Crippen MR) is 88.1 cm³/mol. The molecule has 2 rings (SSSR count). The quantitative estimate of drug-likeness (QED) is 0.780. The minimum Gasteiger partial charge on any atom is -0.389 e. The van der Waals surface area contributed by atoms with E-state index in [0.29, 0.717) is 24.1 Å². The predicted octanol–water partition coefficient (Wildman–Crippen LogP) is 1.61. The van der Waals surface area contributed by atoms with Crippen LogP contribution in [0, 0.1) is 6.92 Å². The highest BCUT2D eigenvalue weighted by Crippen LogP contribution is 2.17. The third kappa shape index (κ3) is 4.07. The first-order valence-corrected chi connectivity index (χ1v) is 9.01. The number of nitrogens with zero attached hydrogens (tertiary/aromatic N) is 1. The van der Waals surface area contributed by atoms with Crippen LogP contribution in [0.4, 0.5) is 0 Å². The van der Waals surface area contributed by atoms with Crippen LogP contribution in [0.15, 0.2) is 34.0 Å². The van der Waals surface area contributed by atoms with E-state index in [0.717, 1.165) is 5.69 Å². The van der Waals surface area contributed by atoms with Gasteiger partial charge in [-0.05, 0) is 18.6 Å². The van der Waals surface area contributed by atoms with Crippen molar-refractivity contribution in [2.24, 2.45) is 5.73 Å². The number of nitrogens with two attached hydrogens (primary N) is 1. The Kier molecular flexibility index (Phi) is 5.04. The SMILES string of the molecule is Cc1ccc(C(N)=S)cc1S(=O)(=O)NCCc1cscn1. The number of benzene rings is 1. The van der Waals surface area contributed by atoms with E-state index in [1.165, 1.54) is 17.4 Å². The Labute approximate surface area is 133 Å². The lowest BCUT2D eigenvalue weighted by Crippen LogP contribution is -2.27. The number of thiocarbonyl (C=S) groups is 1. The molecule has 0 aliphatic heterocycles. The minimum absolute atomic E-state index is 0.175. The Morgan fingerprint density at radius 2 is 2.24 bits per heavy atom. The molecule has 0 aliphatic rings. The number of aryl methyl sites for hydroxylation is 1. The van der Waals surface area contributed by atoms with Crippen molar-refractivity contribution in [3.63, 3.8) is 0 Å². The van der Waals surface area contributed by atoms with Crippen molar-refractivity contribution in [2.45, 2.75) is 18.2 Å². The average Bonchev–Trinajstić information content (AvgIpc) is 2.91. The molecule has 0 radical (unpaired) electrons. The van der Waals surface area contributed by atoms with Gasteiger partial charge in [-0.3, -0.25) is 0 Å². The molecule has 0 spiro atoms. The monoisotopic (exact) mass is 341 g/mol. The van der Waals surface area contributed by atoms with E-state index >= 15 is 0 Å². The molecule has 2 aromatic rings. The Bertz CT molecular complexity index is 740. The molecule has 0 saturated heterocycles. The lowest BCUT2D eigenvalue weighted by atomic mass is 10.1. The fraction of sp³-hybridized carbons (Fsp3) is 0.231. The van der Waals surface area contributed by atoms with Gasteiger partial charge in [0.15, 0.2) is 0 Å². The van der Waals surface area contributed by atoms with Gasteiger partial charge >= 0.3 is 0 Å². The number of thiazole rings is 1. The lowest BCUT2D eigenvalue weighted by Gasteiger charge is -2.10. The minimum atomic E-state index is -3.59. The summed E-state index contributed by atoms with van der Waals surface area (Å²) in [5, 5.41) is 1.90. The summed E-state index contributed by atoms with van der Waals surface area (Å²) in [5.74, 6) is 0. The van der Waals surface area contributed by atoms with Gasteiger partial charge in [-0.15, -0.1) is 11.3 Å². The number of sulfonamides is 1. The molecule has 1 heterocycles. The summed E-state index contributed by atoms with van der Waals surface area (Å²) in [6.07, 6.45) is 0.552. The van der Waals surface area contributed by atoms with Gasteiger partial charge in [0.1, 0.15) is 4.99 Å². The van der Waals surface area contributed by atoms with Crippen LogP contribution in [0.25, 0.3) is 0 Å². The Morgan fingerprint density at radius 3 is 2.86 bits per heavy atom. The Morgan fingerprint density at radius 1 is 1.48 bits per heavy atom. The molecule has 0 bridgehead atoms. The highest BCUT2D eigenvalue weighted by molar-refractivity contribution is 7.89. The van der Waals surface area contributed by atoms with Crippen molar-refractivity contribution < 1.29 is 8.42 Å². The van der Waals surface area contributed by atoms with Crippen molar-refractivity contribution in [3.8, 4) is 0 Å². The highest BCUT2D eigenvalue weighted by Gasteiger charge is 2.17. The smallest absolute Gasteiger partial charge is 0.240 e. The van der Waals surface area contributed by atoms with Crippen molar-refractivity contribution in [3.05, 3.63) is 45.9 Å². The second-order valence-corrected chi connectivity index (χ2v) is 7.37. The maximum Gasteiger partial charge on any atom is 0.240 e. The molecular weight excluding hydrogens is 326 g/mol. The molecule has 3 N–H and O–H groups in total. The van der Waals surface area contributed by atoms with Gasteiger partial charge in [0.25, 0.3) is 0 Å². The maximum absolute atomic E-state index is 12.3. The molecule has 0 atom stereocenters. The first kappa shape index (κ1) is 16.0. The number of hydrogen-bond donors (Lipinski definition) is 2. The van der Waals surface area contributed by atoms with Gasteiger partial charge in [-0.2, -0.15) is 0 Å². The van der Waals surface area contributed by atoms with Gasteiger partial charge in [-0.1, -0.05) is 24.4 Å². The summed E-state index contributed by atoms with van der Waals surface area (Å²) >= 11 is 6.37. The topological polar surface area (TPSA) is 85.1 Å². The maximum atomic E-state index is 12.3. The molecule has 21 heavy (non-hydrogen) atoms. The Hall–Kier alpha value is -1.35. The molecule has 5 nitrogen and oxygen atoms in total. The van der Waals surface area contributed by atoms with E-state index in [9.17, 15) is 8.42 Å². The summed E-state index contributed by atoms with van der Waals surface area (Å²) in [4.78, 5) is 4.49. The normalized spacial score (nSPS) is 11.5. The summed E-state index contributed by atoms with van der Waals surface area (Å²) in [6.45, 7) is 2.03. The fourth-order valence-corrected chi connectivity index (χ4v) is 3.82. The molecule has 0 fully saturated rings. The van der Waals surface area contributed by atoms with E-state index in [2.05, 4.69) is 9.71 Å². The number of rotatable bonds is 6. The van der Waals surface area contributed by atoms with E-state index in [1.54, 1.807) is 24.6 Å². The molecule has 112 valence electrons. The van der Waals surface area contributed by atoms with E-state index in [4.69, 9.17) is 18.0 Å². The first-order valence-electron chi connectivity index (χ1n) is 6.17. The molecule has 0 aliphatic carbocycles.